The molecule has 1 aromatic carbocycles. The Bertz CT molecular complexity index is 1140. The summed E-state index contributed by atoms with van der Waals surface area (Å²) in [5, 5.41) is 11.1. The minimum absolute atomic E-state index is 0.0718. The largest absolute Gasteiger partial charge is 0.507 e. The summed E-state index contributed by atoms with van der Waals surface area (Å²) in [7, 11) is 2.95. The average molecular weight is 420 g/mol. The van der Waals surface area contributed by atoms with Crippen molar-refractivity contribution < 1.29 is 28.6 Å². The number of aromatic nitrogens is 1. The Morgan fingerprint density at radius 2 is 1.90 bits per heavy atom. The highest BCUT2D eigenvalue weighted by atomic mass is 16.5. The zero-order valence-corrected chi connectivity index (χ0v) is 16.9. The third kappa shape index (κ3) is 3.63. The molecule has 8 nitrogen and oxygen atoms in total. The van der Waals surface area contributed by atoms with Crippen LogP contribution < -0.4 is 9.47 Å². The molecule has 1 aliphatic heterocycles. The third-order valence-corrected chi connectivity index (χ3v) is 5.12. The van der Waals surface area contributed by atoms with Crippen molar-refractivity contribution in [1.82, 2.24) is 9.88 Å². The number of benzene rings is 1. The number of furan rings is 1. The van der Waals surface area contributed by atoms with Gasteiger partial charge >= 0.3 is 0 Å². The van der Waals surface area contributed by atoms with Gasteiger partial charge in [0.25, 0.3) is 11.7 Å². The van der Waals surface area contributed by atoms with Crippen LogP contribution >= 0.6 is 0 Å². The summed E-state index contributed by atoms with van der Waals surface area (Å²) >= 11 is 0. The van der Waals surface area contributed by atoms with E-state index in [1.807, 2.05) is 0 Å². The molecule has 1 fully saturated rings. The molecule has 31 heavy (non-hydrogen) atoms. The van der Waals surface area contributed by atoms with Crippen molar-refractivity contribution in [2.24, 2.45) is 0 Å². The Labute approximate surface area is 178 Å². The molecule has 0 aliphatic carbocycles. The number of methoxy groups -OCH3 is 2. The molecule has 3 aromatic rings. The highest BCUT2D eigenvalue weighted by Crippen LogP contribution is 2.42. The summed E-state index contributed by atoms with van der Waals surface area (Å²) in [6.45, 7) is 0.148. The van der Waals surface area contributed by atoms with Gasteiger partial charge < -0.3 is 23.9 Å². The molecule has 3 heterocycles. The van der Waals surface area contributed by atoms with Gasteiger partial charge in [-0.25, -0.2) is 0 Å². The molecular weight excluding hydrogens is 400 g/mol. The lowest BCUT2D eigenvalue weighted by molar-refractivity contribution is -0.140. The molecule has 4 rings (SSSR count). The number of aliphatic hydroxyl groups is 1. The van der Waals surface area contributed by atoms with Crippen LogP contribution in [0.25, 0.3) is 5.76 Å². The molecule has 1 saturated heterocycles. The molecule has 1 amide bonds. The van der Waals surface area contributed by atoms with Crippen molar-refractivity contribution >= 4 is 17.4 Å². The SMILES string of the molecule is COc1ccc(/C(O)=C2/C(=O)C(=O)N(Cc3ccncc3)C2c2ccco2)c(OC)c1. The van der Waals surface area contributed by atoms with Gasteiger partial charge in [0.1, 0.15) is 29.1 Å². The van der Waals surface area contributed by atoms with Gasteiger partial charge in [0.15, 0.2) is 0 Å². The predicted octanol–water partition coefficient (Wildman–Crippen LogP) is 3.31. The van der Waals surface area contributed by atoms with Crippen molar-refractivity contribution in [3.8, 4) is 11.5 Å². The monoisotopic (exact) mass is 420 g/mol. The number of hydrogen-bond donors (Lipinski definition) is 1. The number of pyridine rings is 1. The van der Waals surface area contributed by atoms with E-state index in [9.17, 15) is 14.7 Å². The highest BCUT2D eigenvalue weighted by Gasteiger charge is 2.47. The van der Waals surface area contributed by atoms with E-state index in [4.69, 9.17) is 13.9 Å². The number of rotatable bonds is 6. The second-order valence-electron chi connectivity index (χ2n) is 6.86. The molecule has 0 spiro atoms. The van der Waals surface area contributed by atoms with Crippen LogP contribution in [0.2, 0.25) is 0 Å². The van der Waals surface area contributed by atoms with Crippen molar-refractivity contribution in [1.29, 1.82) is 0 Å². The quantitative estimate of drug-likeness (QED) is 0.371. The van der Waals surface area contributed by atoms with Gasteiger partial charge in [0.2, 0.25) is 0 Å². The van der Waals surface area contributed by atoms with Crippen LogP contribution in [-0.2, 0) is 16.1 Å². The van der Waals surface area contributed by atoms with E-state index in [1.54, 1.807) is 54.9 Å². The van der Waals surface area contributed by atoms with E-state index in [0.717, 1.165) is 5.56 Å². The number of carbonyl (C=O) groups is 2. The van der Waals surface area contributed by atoms with E-state index in [1.165, 1.54) is 25.4 Å². The molecule has 0 bridgehead atoms. The van der Waals surface area contributed by atoms with Gasteiger partial charge in [-0.05, 0) is 42.0 Å². The molecule has 0 saturated carbocycles. The summed E-state index contributed by atoms with van der Waals surface area (Å²) in [5.41, 5.74) is 0.981. The van der Waals surface area contributed by atoms with Crippen molar-refractivity contribution in [2.75, 3.05) is 14.2 Å². The van der Waals surface area contributed by atoms with Crippen LogP contribution in [-0.4, -0.2) is 40.9 Å². The van der Waals surface area contributed by atoms with Crippen LogP contribution in [0.4, 0.5) is 0 Å². The number of aliphatic hydroxyl groups excluding tert-OH is 1. The maximum Gasteiger partial charge on any atom is 0.296 e. The number of likely N-dealkylation sites (tertiary alicyclic amines) is 1. The first kappa shape index (κ1) is 20.2. The zero-order valence-electron chi connectivity index (χ0n) is 16.9. The lowest BCUT2D eigenvalue weighted by Crippen LogP contribution is -2.29. The third-order valence-electron chi connectivity index (χ3n) is 5.12. The number of amides is 1. The summed E-state index contributed by atoms with van der Waals surface area (Å²) in [5.74, 6) is -0.693. The fraction of sp³-hybridized carbons (Fsp3) is 0.174. The number of hydrogen-bond acceptors (Lipinski definition) is 7. The molecule has 158 valence electrons. The van der Waals surface area contributed by atoms with E-state index in [-0.39, 0.29) is 23.4 Å². The molecule has 2 aromatic heterocycles. The summed E-state index contributed by atoms with van der Waals surface area (Å²) < 4.78 is 16.1. The first-order valence-corrected chi connectivity index (χ1v) is 9.48. The van der Waals surface area contributed by atoms with Crippen molar-refractivity contribution in [3.63, 3.8) is 0 Å². The van der Waals surface area contributed by atoms with Crippen LogP contribution in [0, 0.1) is 0 Å². The predicted molar refractivity (Wildman–Crippen MR) is 110 cm³/mol. The molecule has 0 radical (unpaired) electrons. The Morgan fingerprint density at radius 3 is 2.55 bits per heavy atom. The normalized spacial score (nSPS) is 17.7. The second-order valence-corrected chi connectivity index (χ2v) is 6.86. The number of carbonyl (C=O) groups excluding carboxylic acids is 2. The van der Waals surface area contributed by atoms with Gasteiger partial charge in [-0.2, -0.15) is 0 Å². The zero-order chi connectivity index (χ0) is 22.0. The van der Waals surface area contributed by atoms with Gasteiger partial charge in [-0.3, -0.25) is 14.6 Å². The number of ether oxygens (including phenoxy) is 2. The standard InChI is InChI=1S/C23H20N2O6/c1-29-15-5-6-16(18(12-15)30-2)21(26)19-20(17-4-3-11-31-17)25(23(28)22(19)27)13-14-7-9-24-10-8-14/h3-12,20,26H,13H2,1-2H3/b21-19-. The Balaban J connectivity index is 1.85. The van der Waals surface area contributed by atoms with E-state index < -0.39 is 17.7 Å². The first-order valence-electron chi connectivity index (χ1n) is 9.48. The Kier molecular flexibility index (Phi) is 5.44. The second kappa shape index (κ2) is 8.35. The molecule has 1 unspecified atom stereocenters. The van der Waals surface area contributed by atoms with Gasteiger partial charge in [-0.15, -0.1) is 0 Å². The van der Waals surface area contributed by atoms with E-state index >= 15 is 0 Å². The maximum absolute atomic E-state index is 13.0. The lowest BCUT2D eigenvalue weighted by Gasteiger charge is -2.23. The molecule has 1 aliphatic rings. The maximum atomic E-state index is 13.0. The van der Waals surface area contributed by atoms with Crippen LogP contribution in [0.15, 0.2) is 71.1 Å². The summed E-state index contributed by atoms with van der Waals surface area (Å²) in [6.07, 6.45) is 4.67. The molecule has 1 N–H and O–H groups in total. The Hall–Kier alpha value is -4.07. The van der Waals surface area contributed by atoms with Gasteiger partial charge in [0.05, 0.1) is 31.6 Å². The van der Waals surface area contributed by atoms with Gasteiger partial charge in [0, 0.05) is 25.0 Å². The molecule has 8 heteroatoms. The highest BCUT2D eigenvalue weighted by molar-refractivity contribution is 6.46. The van der Waals surface area contributed by atoms with Crippen LogP contribution in [0.1, 0.15) is 22.9 Å². The summed E-state index contributed by atoms with van der Waals surface area (Å²) in [6, 6.07) is 10.7. The fourth-order valence-corrected chi connectivity index (χ4v) is 3.61. The first-order chi connectivity index (χ1) is 15.0. The van der Waals surface area contributed by atoms with Crippen LogP contribution in [0.3, 0.4) is 0 Å². The number of ketones is 1. The smallest absolute Gasteiger partial charge is 0.296 e. The van der Waals surface area contributed by atoms with Crippen molar-refractivity contribution in [3.05, 3.63) is 83.6 Å². The van der Waals surface area contributed by atoms with E-state index in [2.05, 4.69) is 4.98 Å². The Morgan fingerprint density at radius 1 is 1.13 bits per heavy atom. The summed E-state index contributed by atoms with van der Waals surface area (Å²) in [4.78, 5) is 31.3. The fourth-order valence-electron chi connectivity index (χ4n) is 3.61. The average Bonchev–Trinajstić information content (AvgIpc) is 3.41. The van der Waals surface area contributed by atoms with Crippen molar-refractivity contribution in [2.45, 2.75) is 12.6 Å². The van der Waals surface area contributed by atoms with Gasteiger partial charge in [-0.1, -0.05) is 0 Å². The van der Waals surface area contributed by atoms with Crippen LogP contribution in [0.5, 0.6) is 11.5 Å². The minimum Gasteiger partial charge on any atom is -0.507 e. The lowest BCUT2D eigenvalue weighted by atomic mass is 9.98. The minimum atomic E-state index is -0.894. The molecule has 1 atom stereocenters. The van der Waals surface area contributed by atoms with E-state index in [0.29, 0.717) is 17.3 Å². The topological polar surface area (TPSA) is 102 Å². The number of nitrogens with zero attached hydrogens (tertiary/aromatic N) is 2. The number of Topliss-reactive ketones (excluding diaryl/α,β-unsaturated/α-hetero) is 1. The molecular formula is C23H20N2O6.